The van der Waals surface area contributed by atoms with Gasteiger partial charge in [0.05, 0.1) is 21.3 Å². The molecular formula is C21H27N3O9. The Balaban J connectivity index is 3.32. The minimum atomic E-state index is -1.00. The summed E-state index contributed by atoms with van der Waals surface area (Å²) in [5.41, 5.74) is -0.375. The number of esters is 3. The monoisotopic (exact) mass is 465 g/mol. The van der Waals surface area contributed by atoms with Crippen LogP contribution in [0.3, 0.4) is 0 Å². The lowest BCUT2D eigenvalue weighted by Gasteiger charge is -2.16. The normalized spacial score (nSPS) is 12.9. The van der Waals surface area contributed by atoms with Crippen LogP contribution in [-0.4, -0.2) is 75.1 Å². The second-order valence-electron chi connectivity index (χ2n) is 6.95. The molecule has 0 aliphatic heterocycles. The van der Waals surface area contributed by atoms with Gasteiger partial charge in [0.25, 0.3) is 17.7 Å². The van der Waals surface area contributed by atoms with Crippen LogP contribution in [0.4, 0.5) is 0 Å². The van der Waals surface area contributed by atoms with Crippen molar-refractivity contribution >= 4 is 35.6 Å². The number of carbonyl (C=O) groups is 6. The van der Waals surface area contributed by atoms with Crippen LogP contribution in [0, 0.1) is 0 Å². The number of hydrogen-bond donors (Lipinski definition) is 3. The minimum Gasteiger partial charge on any atom is -0.467 e. The molecule has 0 bridgehead atoms. The summed E-state index contributed by atoms with van der Waals surface area (Å²) >= 11 is 0. The minimum absolute atomic E-state index is 0.125. The fraction of sp³-hybridized carbons (Fsp3) is 0.429. The van der Waals surface area contributed by atoms with E-state index in [9.17, 15) is 28.8 Å². The van der Waals surface area contributed by atoms with Gasteiger partial charge in [0.2, 0.25) is 0 Å². The van der Waals surface area contributed by atoms with Gasteiger partial charge in [0.1, 0.15) is 18.1 Å². The number of nitrogens with one attached hydrogen (secondary N) is 3. The Morgan fingerprint density at radius 3 is 0.939 bits per heavy atom. The van der Waals surface area contributed by atoms with Crippen molar-refractivity contribution < 1.29 is 43.0 Å². The Labute approximate surface area is 190 Å². The molecule has 0 radical (unpaired) electrons. The van der Waals surface area contributed by atoms with Gasteiger partial charge in [-0.15, -0.1) is 0 Å². The van der Waals surface area contributed by atoms with Crippen molar-refractivity contribution in [1.29, 1.82) is 0 Å². The summed E-state index contributed by atoms with van der Waals surface area (Å²) in [5, 5.41) is 7.17. The highest BCUT2D eigenvalue weighted by Crippen LogP contribution is 2.13. The quantitative estimate of drug-likeness (QED) is 0.324. The molecule has 0 unspecified atom stereocenters. The Kier molecular flexibility index (Phi) is 9.99. The highest BCUT2D eigenvalue weighted by Gasteiger charge is 2.23. The molecule has 0 saturated carbocycles. The average molecular weight is 465 g/mol. The number of hydrogen-bond acceptors (Lipinski definition) is 9. The van der Waals surface area contributed by atoms with Crippen LogP contribution >= 0.6 is 0 Å². The predicted molar refractivity (Wildman–Crippen MR) is 113 cm³/mol. The van der Waals surface area contributed by atoms with E-state index < -0.39 is 53.8 Å². The Morgan fingerprint density at radius 1 is 0.545 bits per heavy atom. The van der Waals surface area contributed by atoms with E-state index in [2.05, 4.69) is 30.2 Å². The zero-order chi connectivity index (χ0) is 25.3. The van der Waals surface area contributed by atoms with E-state index in [1.54, 1.807) is 0 Å². The zero-order valence-corrected chi connectivity index (χ0v) is 19.1. The Bertz CT molecular complexity index is 814. The summed E-state index contributed by atoms with van der Waals surface area (Å²) in [7, 11) is 3.47. The fourth-order valence-electron chi connectivity index (χ4n) is 2.57. The molecule has 180 valence electrons. The third-order valence-corrected chi connectivity index (χ3v) is 4.43. The van der Waals surface area contributed by atoms with Gasteiger partial charge < -0.3 is 30.2 Å². The first-order valence-electron chi connectivity index (χ1n) is 9.76. The van der Waals surface area contributed by atoms with Crippen molar-refractivity contribution in [2.75, 3.05) is 21.3 Å². The standard InChI is InChI=1S/C21H27N3O9/c1-10(19(28)31-4)22-16(25)13-7-14(17(26)23-11(2)20(29)32-5)9-15(8-13)18(27)24-12(3)21(30)33-6/h7-12H,1-6H3,(H,22,25)(H,23,26)(H,24,27)/t10-,11-,12-/m0/s1. The Morgan fingerprint density at radius 2 is 0.758 bits per heavy atom. The topological polar surface area (TPSA) is 166 Å². The van der Waals surface area contributed by atoms with Crippen LogP contribution < -0.4 is 16.0 Å². The molecule has 12 nitrogen and oxygen atoms in total. The molecule has 0 saturated heterocycles. The van der Waals surface area contributed by atoms with Crippen molar-refractivity contribution in [3.63, 3.8) is 0 Å². The van der Waals surface area contributed by atoms with Gasteiger partial charge in [-0.25, -0.2) is 14.4 Å². The second-order valence-corrected chi connectivity index (χ2v) is 6.95. The van der Waals surface area contributed by atoms with Crippen molar-refractivity contribution in [2.45, 2.75) is 38.9 Å². The van der Waals surface area contributed by atoms with E-state index in [-0.39, 0.29) is 16.7 Å². The molecule has 33 heavy (non-hydrogen) atoms. The predicted octanol–water partition coefficient (Wildman–Crippen LogP) is -0.439. The molecule has 0 aromatic heterocycles. The number of rotatable bonds is 9. The van der Waals surface area contributed by atoms with E-state index in [0.29, 0.717) is 0 Å². The number of amides is 3. The summed E-state index contributed by atoms with van der Waals surface area (Å²) < 4.78 is 13.7. The van der Waals surface area contributed by atoms with E-state index in [1.165, 1.54) is 39.0 Å². The van der Waals surface area contributed by atoms with Crippen molar-refractivity contribution in [1.82, 2.24) is 16.0 Å². The maximum absolute atomic E-state index is 12.6. The molecule has 1 aromatic rings. The van der Waals surface area contributed by atoms with Crippen LogP contribution in [0.1, 0.15) is 51.8 Å². The van der Waals surface area contributed by atoms with Crippen LogP contribution in [0.5, 0.6) is 0 Å². The van der Waals surface area contributed by atoms with E-state index >= 15 is 0 Å². The maximum Gasteiger partial charge on any atom is 0.328 e. The lowest BCUT2D eigenvalue weighted by molar-refractivity contribution is -0.143. The van der Waals surface area contributed by atoms with Crippen LogP contribution in [-0.2, 0) is 28.6 Å². The summed E-state index contributed by atoms with van der Waals surface area (Å²) in [6.07, 6.45) is 0. The first-order valence-corrected chi connectivity index (χ1v) is 9.76. The molecule has 1 aromatic carbocycles. The van der Waals surface area contributed by atoms with Crippen LogP contribution in [0.25, 0.3) is 0 Å². The summed E-state index contributed by atoms with van der Waals surface area (Å²) in [5.74, 6) is -4.40. The van der Waals surface area contributed by atoms with E-state index in [4.69, 9.17) is 0 Å². The summed E-state index contributed by atoms with van der Waals surface area (Å²) in [6, 6.07) is 0.528. The molecule has 3 amide bonds. The van der Waals surface area contributed by atoms with Gasteiger partial charge in [-0.05, 0) is 39.0 Å². The molecule has 1 rings (SSSR count). The highest BCUT2D eigenvalue weighted by molar-refractivity contribution is 6.06. The summed E-state index contributed by atoms with van der Waals surface area (Å²) in [6.45, 7) is 4.18. The average Bonchev–Trinajstić information content (AvgIpc) is 2.81. The van der Waals surface area contributed by atoms with Gasteiger partial charge in [-0.3, -0.25) is 14.4 Å². The molecule has 0 aliphatic carbocycles. The first kappa shape index (κ1) is 27.1. The largest absolute Gasteiger partial charge is 0.467 e. The lowest BCUT2D eigenvalue weighted by Crippen LogP contribution is -2.41. The number of methoxy groups -OCH3 is 3. The van der Waals surface area contributed by atoms with Crippen molar-refractivity contribution in [3.8, 4) is 0 Å². The lowest BCUT2D eigenvalue weighted by atomic mass is 10.0. The maximum atomic E-state index is 12.6. The van der Waals surface area contributed by atoms with Crippen molar-refractivity contribution in [3.05, 3.63) is 34.9 Å². The SMILES string of the molecule is COC(=O)[C@H](C)NC(=O)c1cc(C(=O)N[C@@H](C)C(=O)OC)cc(C(=O)N[C@@H](C)C(=O)OC)c1. The molecule has 3 N–H and O–H groups in total. The van der Waals surface area contributed by atoms with Gasteiger partial charge >= 0.3 is 17.9 Å². The molecule has 0 spiro atoms. The van der Waals surface area contributed by atoms with E-state index in [0.717, 1.165) is 21.3 Å². The van der Waals surface area contributed by atoms with Gasteiger partial charge in [0, 0.05) is 16.7 Å². The molecule has 3 atom stereocenters. The molecule has 12 heteroatoms. The zero-order valence-electron chi connectivity index (χ0n) is 19.1. The second kappa shape index (κ2) is 12.2. The summed E-state index contributed by atoms with van der Waals surface area (Å²) in [4.78, 5) is 72.8. The first-order chi connectivity index (χ1) is 15.4. The molecule has 0 aliphatic rings. The molecule has 0 heterocycles. The van der Waals surface area contributed by atoms with Gasteiger partial charge in [-0.2, -0.15) is 0 Å². The fourth-order valence-corrected chi connectivity index (χ4v) is 2.57. The molecule has 0 fully saturated rings. The highest BCUT2D eigenvalue weighted by atomic mass is 16.5. The number of ether oxygens (including phenoxy) is 3. The van der Waals surface area contributed by atoms with Crippen LogP contribution in [0.15, 0.2) is 18.2 Å². The molecular weight excluding hydrogens is 438 g/mol. The van der Waals surface area contributed by atoms with Crippen LogP contribution in [0.2, 0.25) is 0 Å². The van der Waals surface area contributed by atoms with Crippen molar-refractivity contribution in [2.24, 2.45) is 0 Å². The Hall–Kier alpha value is -3.96. The third-order valence-electron chi connectivity index (χ3n) is 4.43. The third kappa shape index (κ3) is 7.59. The number of benzene rings is 1. The smallest absolute Gasteiger partial charge is 0.328 e. The van der Waals surface area contributed by atoms with E-state index in [1.807, 2.05) is 0 Å². The van der Waals surface area contributed by atoms with Gasteiger partial charge in [0.15, 0.2) is 0 Å². The van der Waals surface area contributed by atoms with Gasteiger partial charge in [-0.1, -0.05) is 0 Å². The number of carbonyl (C=O) groups excluding carboxylic acids is 6.